The van der Waals surface area contributed by atoms with Gasteiger partial charge in [0.2, 0.25) is 0 Å². The van der Waals surface area contributed by atoms with E-state index < -0.39 is 10.8 Å². The lowest BCUT2D eigenvalue weighted by molar-refractivity contribution is 0.761. The Labute approximate surface area is 304 Å². The summed E-state index contributed by atoms with van der Waals surface area (Å²) in [6.45, 7) is 0. The third-order valence-electron chi connectivity index (χ3n) is 12.0. The zero-order valence-corrected chi connectivity index (χ0v) is 28.6. The minimum atomic E-state index is -0.550. The van der Waals surface area contributed by atoms with Crippen molar-refractivity contribution in [3.05, 3.63) is 251 Å². The number of rotatable bonds is 4. The van der Waals surface area contributed by atoms with Gasteiger partial charge in [-0.15, -0.1) is 0 Å². The molecule has 2 aliphatic rings. The Balaban J connectivity index is 1.39. The SMILES string of the molecule is c1ccc(C2(c3ccccc3)c3ccccc3-c3cc4c(cc32)-c2c(c3ccccc3c3ccccc23)C4(c2ccccc2)c2ccccc2)cc1. The fourth-order valence-corrected chi connectivity index (χ4v) is 10.1. The standard InChI is InChI=1S/C52H34/c1-5-19-35(20-6-1)51(36-21-7-2-8-22-36)46-32-18-17-29-41(46)44-33-48-45(34-47(44)51)49-42-30-15-13-27-39(42)40-28-14-16-31-43(40)50(49)52(48,37-23-9-3-10-24-37)38-25-11-4-12-26-38/h1-34H. The first-order valence-corrected chi connectivity index (χ1v) is 18.3. The monoisotopic (exact) mass is 658 g/mol. The van der Waals surface area contributed by atoms with Crippen molar-refractivity contribution < 1.29 is 0 Å². The molecule has 0 nitrogen and oxygen atoms in total. The van der Waals surface area contributed by atoms with E-state index in [1.807, 2.05) is 0 Å². The molecule has 0 aliphatic heterocycles. The molecule has 11 rings (SSSR count). The van der Waals surface area contributed by atoms with Crippen molar-refractivity contribution in [3.63, 3.8) is 0 Å². The molecule has 2 aliphatic carbocycles. The van der Waals surface area contributed by atoms with Crippen LogP contribution in [-0.4, -0.2) is 0 Å². The molecule has 0 N–H and O–H groups in total. The predicted molar refractivity (Wildman–Crippen MR) is 216 cm³/mol. The van der Waals surface area contributed by atoms with Crippen LogP contribution in [0.4, 0.5) is 0 Å². The highest BCUT2D eigenvalue weighted by atomic mass is 14.5. The summed E-state index contributed by atoms with van der Waals surface area (Å²) < 4.78 is 0. The Bertz CT molecular complexity index is 2740. The minimum absolute atomic E-state index is 0.485. The number of hydrogen-bond donors (Lipinski definition) is 0. The van der Waals surface area contributed by atoms with E-state index >= 15 is 0 Å². The number of hydrogen-bond acceptors (Lipinski definition) is 0. The Kier molecular flexibility index (Phi) is 6.19. The second-order valence-corrected chi connectivity index (χ2v) is 14.3. The van der Waals surface area contributed by atoms with Crippen LogP contribution in [-0.2, 0) is 10.8 Å². The Morgan fingerprint density at radius 2 is 0.635 bits per heavy atom. The van der Waals surface area contributed by atoms with Crippen molar-refractivity contribution in [2.24, 2.45) is 0 Å². The van der Waals surface area contributed by atoms with Crippen molar-refractivity contribution in [2.75, 3.05) is 0 Å². The molecule has 0 heteroatoms. The maximum absolute atomic E-state index is 2.60. The molecule has 52 heavy (non-hydrogen) atoms. The van der Waals surface area contributed by atoms with Crippen LogP contribution in [0, 0.1) is 0 Å². The molecule has 0 spiro atoms. The van der Waals surface area contributed by atoms with Crippen LogP contribution in [0.5, 0.6) is 0 Å². The highest BCUT2D eigenvalue weighted by Gasteiger charge is 2.52. The second-order valence-electron chi connectivity index (χ2n) is 14.3. The average molecular weight is 659 g/mol. The highest BCUT2D eigenvalue weighted by molar-refractivity contribution is 6.19. The molecule has 0 atom stereocenters. The summed E-state index contributed by atoms with van der Waals surface area (Å²) in [5.74, 6) is 0. The summed E-state index contributed by atoms with van der Waals surface area (Å²) in [5.41, 5.74) is 14.7. The van der Waals surface area contributed by atoms with Gasteiger partial charge in [-0.25, -0.2) is 0 Å². The van der Waals surface area contributed by atoms with Gasteiger partial charge in [0, 0.05) is 0 Å². The van der Waals surface area contributed by atoms with Gasteiger partial charge in [-0.1, -0.05) is 194 Å². The molecule has 0 fully saturated rings. The summed E-state index contributed by atoms with van der Waals surface area (Å²) in [6, 6.07) is 77.2. The quantitative estimate of drug-likeness (QED) is 0.165. The van der Waals surface area contributed by atoms with Gasteiger partial charge in [-0.2, -0.15) is 0 Å². The molecule has 0 aromatic heterocycles. The van der Waals surface area contributed by atoms with E-state index in [1.165, 1.54) is 88.3 Å². The van der Waals surface area contributed by atoms with Gasteiger partial charge in [0.25, 0.3) is 0 Å². The molecule has 0 bridgehead atoms. The maximum atomic E-state index is 2.60. The van der Waals surface area contributed by atoms with Crippen LogP contribution in [0.1, 0.15) is 44.5 Å². The van der Waals surface area contributed by atoms with Crippen LogP contribution in [0.25, 0.3) is 43.8 Å². The summed E-state index contributed by atoms with van der Waals surface area (Å²) >= 11 is 0. The van der Waals surface area contributed by atoms with Crippen molar-refractivity contribution in [2.45, 2.75) is 10.8 Å². The first-order chi connectivity index (χ1) is 25.8. The summed E-state index contributed by atoms with van der Waals surface area (Å²) in [6.07, 6.45) is 0. The third kappa shape index (κ3) is 3.66. The molecule has 0 heterocycles. The zero-order valence-electron chi connectivity index (χ0n) is 28.6. The van der Waals surface area contributed by atoms with Gasteiger partial charge < -0.3 is 0 Å². The Hall–Kier alpha value is -6.50. The van der Waals surface area contributed by atoms with Crippen LogP contribution < -0.4 is 0 Å². The van der Waals surface area contributed by atoms with E-state index in [2.05, 4.69) is 206 Å². The smallest absolute Gasteiger partial charge is 0.0622 e. The highest BCUT2D eigenvalue weighted by Crippen LogP contribution is 2.64. The summed E-state index contributed by atoms with van der Waals surface area (Å²) in [5, 5.41) is 5.19. The molecule has 9 aromatic rings. The first-order valence-electron chi connectivity index (χ1n) is 18.3. The van der Waals surface area contributed by atoms with Gasteiger partial charge in [-0.05, 0) is 100 Å². The summed E-state index contributed by atoms with van der Waals surface area (Å²) in [7, 11) is 0. The van der Waals surface area contributed by atoms with E-state index in [-0.39, 0.29) is 0 Å². The lowest BCUT2D eigenvalue weighted by atomic mass is 9.65. The molecule has 0 saturated heterocycles. The third-order valence-corrected chi connectivity index (χ3v) is 12.0. The first kappa shape index (κ1) is 29.3. The van der Waals surface area contributed by atoms with Crippen LogP contribution in [0.3, 0.4) is 0 Å². The maximum Gasteiger partial charge on any atom is 0.0720 e. The van der Waals surface area contributed by atoms with Gasteiger partial charge in [0.1, 0.15) is 0 Å². The van der Waals surface area contributed by atoms with E-state index in [1.54, 1.807) is 0 Å². The molecule has 0 radical (unpaired) electrons. The Morgan fingerprint density at radius 1 is 0.250 bits per heavy atom. The van der Waals surface area contributed by atoms with Crippen molar-refractivity contribution in [3.8, 4) is 22.3 Å². The normalized spacial score (nSPS) is 14.5. The minimum Gasteiger partial charge on any atom is -0.0622 e. The average Bonchev–Trinajstić information content (AvgIpc) is 3.70. The molecule has 0 saturated carbocycles. The van der Waals surface area contributed by atoms with E-state index in [4.69, 9.17) is 0 Å². The lowest BCUT2D eigenvalue weighted by Gasteiger charge is -2.36. The predicted octanol–water partition coefficient (Wildman–Crippen LogP) is 12.7. The molecule has 9 aromatic carbocycles. The lowest BCUT2D eigenvalue weighted by Crippen LogP contribution is -2.30. The van der Waals surface area contributed by atoms with Crippen LogP contribution >= 0.6 is 0 Å². The Morgan fingerprint density at radius 3 is 1.19 bits per heavy atom. The molecular formula is C52H34. The molecule has 242 valence electrons. The number of fused-ring (bicyclic) bond motifs is 11. The molecular weight excluding hydrogens is 625 g/mol. The van der Waals surface area contributed by atoms with Gasteiger partial charge in [0.15, 0.2) is 0 Å². The van der Waals surface area contributed by atoms with E-state index in [0.717, 1.165) is 0 Å². The van der Waals surface area contributed by atoms with Gasteiger partial charge in [0.05, 0.1) is 10.8 Å². The summed E-state index contributed by atoms with van der Waals surface area (Å²) in [4.78, 5) is 0. The second kappa shape index (κ2) is 11.0. The topological polar surface area (TPSA) is 0 Å². The van der Waals surface area contributed by atoms with Crippen molar-refractivity contribution in [1.82, 2.24) is 0 Å². The largest absolute Gasteiger partial charge is 0.0720 e. The molecule has 0 amide bonds. The van der Waals surface area contributed by atoms with Crippen molar-refractivity contribution >= 4 is 21.5 Å². The zero-order chi connectivity index (χ0) is 34.3. The fourth-order valence-electron chi connectivity index (χ4n) is 10.1. The van der Waals surface area contributed by atoms with Crippen LogP contribution in [0.2, 0.25) is 0 Å². The van der Waals surface area contributed by atoms with Crippen LogP contribution in [0.15, 0.2) is 206 Å². The molecule has 0 unspecified atom stereocenters. The van der Waals surface area contributed by atoms with E-state index in [0.29, 0.717) is 0 Å². The van der Waals surface area contributed by atoms with Gasteiger partial charge >= 0.3 is 0 Å². The fraction of sp³-hybridized carbons (Fsp3) is 0.0385. The number of benzene rings is 9. The van der Waals surface area contributed by atoms with Gasteiger partial charge in [-0.3, -0.25) is 0 Å². The van der Waals surface area contributed by atoms with E-state index in [9.17, 15) is 0 Å². The van der Waals surface area contributed by atoms with Crippen molar-refractivity contribution in [1.29, 1.82) is 0 Å².